The lowest BCUT2D eigenvalue weighted by Gasteiger charge is -2.13. The summed E-state index contributed by atoms with van der Waals surface area (Å²) in [5.41, 5.74) is 1.40. The van der Waals surface area contributed by atoms with Crippen LogP contribution in [-0.4, -0.2) is 24.6 Å². The number of allylic oxidation sites excluding steroid dienone is 2. The number of amidine groups is 1. The van der Waals surface area contributed by atoms with E-state index in [0.29, 0.717) is 17.3 Å². The van der Waals surface area contributed by atoms with Gasteiger partial charge in [-0.25, -0.2) is 4.99 Å². The molecule has 3 rings (SSSR count). The van der Waals surface area contributed by atoms with Crippen LogP contribution in [0.15, 0.2) is 45.5 Å². The Hall–Kier alpha value is -2.57. The van der Waals surface area contributed by atoms with Crippen molar-refractivity contribution >= 4 is 24.1 Å². The first-order valence-electron chi connectivity index (χ1n) is 7.03. The maximum absolute atomic E-state index is 12.9. The average molecular weight is 319 g/mol. The van der Waals surface area contributed by atoms with Crippen LogP contribution in [0.2, 0.25) is 0 Å². The first-order valence-corrected chi connectivity index (χ1v) is 7.03. The molecule has 7 heteroatoms. The number of aromatic nitrogens is 1. The van der Waals surface area contributed by atoms with Crippen molar-refractivity contribution in [1.82, 2.24) is 0 Å². The third-order valence-corrected chi connectivity index (χ3v) is 3.69. The predicted octanol–water partition coefficient (Wildman–Crippen LogP) is 3.25. The van der Waals surface area contributed by atoms with Crippen molar-refractivity contribution in [2.45, 2.75) is 25.9 Å². The Morgan fingerprint density at radius 2 is 1.91 bits per heavy atom. The van der Waals surface area contributed by atoms with Crippen LogP contribution in [0, 0.1) is 5.41 Å². The van der Waals surface area contributed by atoms with Gasteiger partial charge < -0.3 is 0 Å². The molecule has 1 aromatic heterocycles. The molecule has 3 heterocycles. The molecule has 0 unspecified atom stereocenters. The van der Waals surface area contributed by atoms with E-state index in [9.17, 15) is 13.2 Å². The molecule has 0 bridgehead atoms. The molecule has 0 aliphatic carbocycles. The number of hydrogen-bond donors (Lipinski definition) is 1. The average Bonchev–Trinajstić information content (AvgIpc) is 2.89. The highest BCUT2D eigenvalue weighted by Crippen LogP contribution is 2.32. The number of halogens is 3. The van der Waals surface area contributed by atoms with Gasteiger partial charge in [-0.3, -0.25) is 5.41 Å². The fourth-order valence-corrected chi connectivity index (χ4v) is 2.39. The number of fused-ring (bicyclic) bond motifs is 1. The molecule has 0 spiro atoms. The molecule has 0 saturated carbocycles. The maximum Gasteiger partial charge on any atom is 0.420 e. The molecule has 1 N–H and O–H groups in total. The topological polar surface area (TPSA) is 52.5 Å². The van der Waals surface area contributed by atoms with Gasteiger partial charge in [0, 0.05) is 11.8 Å². The number of hydrogen-bond acceptors (Lipinski definition) is 2. The molecule has 0 amide bonds. The fourth-order valence-electron chi connectivity index (χ4n) is 2.39. The second kappa shape index (κ2) is 5.26. The smallest absolute Gasteiger partial charge is 0.282 e. The monoisotopic (exact) mass is 319 g/mol. The first kappa shape index (κ1) is 15.3. The van der Waals surface area contributed by atoms with Crippen LogP contribution in [0.25, 0.3) is 5.70 Å². The van der Waals surface area contributed by atoms with Gasteiger partial charge >= 0.3 is 6.18 Å². The van der Waals surface area contributed by atoms with E-state index in [1.807, 2.05) is 18.3 Å². The van der Waals surface area contributed by atoms with Crippen molar-refractivity contribution in [2.75, 3.05) is 0 Å². The summed E-state index contributed by atoms with van der Waals surface area (Å²) in [6.45, 7) is 4.12. The highest BCUT2D eigenvalue weighted by atomic mass is 19.4. The van der Waals surface area contributed by atoms with Gasteiger partial charge in [0.25, 0.3) is 6.34 Å². The largest absolute Gasteiger partial charge is 0.420 e. The standard InChI is InChI=1S/C16H14F3N4/c1-9(2)10-3-4-13-14(22-8-23(13)7-10)11-5-12(16(17,18)19)15(20)21-6-11/h3-9,20H,1-2H3/q+1/b14-11+,20-15?. The van der Waals surface area contributed by atoms with Gasteiger partial charge in [0.1, 0.15) is 5.57 Å². The van der Waals surface area contributed by atoms with E-state index in [2.05, 4.69) is 23.8 Å². The van der Waals surface area contributed by atoms with Gasteiger partial charge in [-0.1, -0.05) is 19.9 Å². The number of dihydropyridines is 1. The zero-order chi connectivity index (χ0) is 16.8. The molecule has 0 aromatic carbocycles. The van der Waals surface area contributed by atoms with Crippen LogP contribution in [0.4, 0.5) is 13.2 Å². The van der Waals surface area contributed by atoms with Crippen LogP contribution in [0.5, 0.6) is 0 Å². The van der Waals surface area contributed by atoms with Crippen LogP contribution >= 0.6 is 0 Å². The molecule has 0 radical (unpaired) electrons. The summed E-state index contributed by atoms with van der Waals surface area (Å²) >= 11 is 0. The number of aliphatic imine (C=N–C) groups is 2. The normalized spacial score (nSPS) is 20.3. The molecule has 0 atom stereocenters. The Morgan fingerprint density at radius 1 is 1.17 bits per heavy atom. The quantitative estimate of drug-likeness (QED) is 0.773. The van der Waals surface area contributed by atoms with E-state index < -0.39 is 17.6 Å². The molecular weight excluding hydrogens is 305 g/mol. The second-order valence-electron chi connectivity index (χ2n) is 5.62. The Bertz CT molecular complexity index is 811. The first-order chi connectivity index (χ1) is 10.8. The third-order valence-electron chi connectivity index (χ3n) is 3.69. The Balaban J connectivity index is 2.10. The minimum Gasteiger partial charge on any atom is -0.282 e. The highest BCUT2D eigenvalue weighted by molar-refractivity contribution is 6.11. The fraction of sp³-hybridized carbons (Fsp3) is 0.250. The summed E-state index contributed by atoms with van der Waals surface area (Å²) in [6.07, 6.45) is 1.04. The zero-order valence-electron chi connectivity index (χ0n) is 12.5. The van der Waals surface area contributed by atoms with Gasteiger partial charge in [-0.15, -0.1) is 0 Å². The predicted molar refractivity (Wildman–Crippen MR) is 81.9 cm³/mol. The Kier molecular flexibility index (Phi) is 3.50. The Morgan fingerprint density at radius 3 is 2.57 bits per heavy atom. The van der Waals surface area contributed by atoms with Crippen LogP contribution in [0.1, 0.15) is 31.0 Å². The van der Waals surface area contributed by atoms with E-state index >= 15 is 0 Å². The molecule has 4 nitrogen and oxygen atoms in total. The second-order valence-corrected chi connectivity index (χ2v) is 5.62. The molecule has 2 aliphatic heterocycles. The lowest BCUT2D eigenvalue weighted by atomic mass is 10.0. The van der Waals surface area contributed by atoms with Crippen LogP contribution in [-0.2, 0) is 0 Å². The van der Waals surface area contributed by atoms with Gasteiger partial charge in [0.2, 0.25) is 5.70 Å². The highest BCUT2D eigenvalue weighted by Gasteiger charge is 2.39. The summed E-state index contributed by atoms with van der Waals surface area (Å²) in [4.78, 5) is 7.76. The summed E-state index contributed by atoms with van der Waals surface area (Å²) in [5.74, 6) is -0.446. The number of rotatable bonds is 1. The lowest BCUT2D eigenvalue weighted by molar-refractivity contribution is -0.545. The van der Waals surface area contributed by atoms with Crippen molar-refractivity contribution in [2.24, 2.45) is 9.98 Å². The van der Waals surface area contributed by atoms with Crippen molar-refractivity contribution < 1.29 is 17.7 Å². The van der Waals surface area contributed by atoms with Gasteiger partial charge in [-0.2, -0.15) is 17.7 Å². The van der Waals surface area contributed by atoms with Crippen molar-refractivity contribution in [1.29, 1.82) is 5.41 Å². The number of nitrogens with zero attached hydrogens (tertiary/aromatic N) is 3. The summed E-state index contributed by atoms with van der Waals surface area (Å²) < 4.78 is 40.6. The molecule has 2 aliphatic rings. The molecule has 23 heavy (non-hydrogen) atoms. The Labute approximate surface area is 130 Å². The van der Waals surface area contributed by atoms with Gasteiger partial charge in [-0.05, 0) is 28.6 Å². The maximum atomic E-state index is 12.9. The molecular formula is C16H14F3N4+. The van der Waals surface area contributed by atoms with Crippen LogP contribution in [0.3, 0.4) is 0 Å². The van der Waals surface area contributed by atoms with E-state index in [1.54, 1.807) is 10.9 Å². The molecule has 1 aromatic rings. The van der Waals surface area contributed by atoms with E-state index in [4.69, 9.17) is 5.41 Å². The van der Waals surface area contributed by atoms with Gasteiger partial charge in [0.05, 0.1) is 6.20 Å². The van der Waals surface area contributed by atoms with E-state index in [1.165, 1.54) is 6.21 Å². The number of alkyl halides is 3. The zero-order valence-corrected chi connectivity index (χ0v) is 12.5. The van der Waals surface area contributed by atoms with E-state index in [-0.39, 0.29) is 5.57 Å². The molecule has 0 saturated heterocycles. The molecule has 0 fully saturated rings. The minimum atomic E-state index is -4.61. The van der Waals surface area contributed by atoms with Crippen molar-refractivity contribution in [3.8, 4) is 0 Å². The van der Waals surface area contributed by atoms with Crippen molar-refractivity contribution in [3.63, 3.8) is 0 Å². The van der Waals surface area contributed by atoms with E-state index in [0.717, 1.165) is 11.6 Å². The van der Waals surface area contributed by atoms with Gasteiger partial charge in [0.15, 0.2) is 11.5 Å². The van der Waals surface area contributed by atoms with Crippen molar-refractivity contribution in [3.05, 3.63) is 46.8 Å². The summed E-state index contributed by atoms with van der Waals surface area (Å²) in [7, 11) is 0. The molecule has 118 valence electrons. The summed E-state index contributed by atoms with van der Waals surface area (Å²) in [5, 5.41) is 7.33. The third kappa shape index (κ3) is 2.74. The minimum absolute atomic E-state index is 0.244. The lowest BCUT2D eigenvalue weighted by Crippen LogP contribution is -2.34. The number of pyridine rings is 1. The SMILES string of the molecule is CC(C)c1ccc2[n+](c1)C=N/C2=C1/C=NC(=N)C(C(F)(F)F)=C1. The van der Waals surface area contributed by atoms with Crippen LogP contribution < -0.4 is 4.57 Å². The summed E-state index contributed by atoms with van der Waals surface area (Å²) in [6, 6.07) is 3.77. The number of nitrogens with one attached hydrogen (secondary N) is 1.